The number of hydrogen-bond donors (Lipinski definition) is 2. The molecule has 1 aromatic rings. The van der Waals surface area contributed by atoms with E-state index in [2.05, 4.69) is 37.1 Å². The molecule has 0 bridgehead atoms. The van der Waals surface area contributed by atoms with Crippen molar-refractivity contribution in [3.63, 3.8) is 0 Å². The Morgan fingerprint density at radius 3 is 2.65 bits per heavy atom. The van der Waals surface area contributed by atoms with Gasteiger partial charge >= 0.3 is 0 Å². The molecule has 3 heteroatoms. The van der Waals surface area contributed by atoms with Gasteiger partial charge in [0.2, 0.25) is 0 Å². The summed E-state index contributed by atoms with van der Waals surface area (Å²) in [5.41, 5.74) is 2.28. The number of benzene rings is 1. The van der Waals surface area contributed by atoms with Crippen LogP contribution in [0.4, 0.5) is 5.69 Å². The van der Waals surface area contributed by atoms with E-state index in [4.69, 9.17) is 0 Å². The lowest BCUT2D eigenvalue weighted by Gasteiger charge is -2.35. The standard InChI is InChI=1S/C14H22N2O/c1-9(2)16-12-6-5-7-14(17)11(12)8-13(16)10(3)15-4/h5-7,9-10,13,15,17H,8H2,1-4H3. The van der Waals surface area contributed by atoms with Crippen molar-refractivity contribution in [2.24, 2.45) is 0 Å². The first-order valence-electron chi connectivity index (χ1n) is 6.32. The van der Waals surface area contributed by atoms with E-state index < -0.39 is 0 Å². The molecule has 2 N–H and O–H groups in total. The molecular formula is C14H22N2O. The van der Waals surface area contributed by atoms with Crippen LogP contribution >= 0.6 is 0 Å². The first kappa shape index (κ1) is 12.2. The second-order valence-electron chi connectivity index (χ2n) is 5.12. The molecule has 0 spiro atoms. The molecule has 94 valence electrons. The minimum atomic E-state index is 0.407. The summed E-state index contributed by atoms with van der Waals surface area (Å²) in [6.45, 7) is 6.60. The first-order chi connectivity index (χ1) is 8.06. The van der Waals surface area contributed by atoms with Gasteiger partial charge in [-0.15, -0.1) is 0 Å². The number of rotatable bonds is 3. The van der Waals surface area contributed by atoms with Crippen LogP contribution in [-0.4, -0.2) is 30.3 Å². The summed E-state index contributed by atoms with van der Waals surface area (Å²) in [6, 6.07) is 7.09. The summed E-state index contributed by atoms with van der Waals surface area (Å²) in [5, 5.41) is 13.3. The fourth-order valence-electron chi connectivity index (χ4n) is 2.77. The lowest BCUT2D eigenvalue weighted by atomic mass is 10.0. The van der Waals surface area contributed by atoms with E-state index in [0.29, 0.717) is 23.9 Å². The first-order valence-corrected chi connectivity index (χ1v) is 6.32. The van der Waals surface area contributed by atoms with Crippen LogP contribution in [0.25, 0.3) is 0 Å². The Morgan fingerprint density at radius 1 is 1.35 bits per heavy atom. The SMILES string of the molecule is CNC(C)C1Cc2c(O)cccc2N1C(C)C. The van der Waals surface area contributed by atoms with Gasteiger partial charge < -0.3 is 15.3 Å². The lowest BCUT2D eigenvalue weighted by Crippen LogP contribution is -2.48. The van der Waals surface area contributed by atoms with Crippen LogP contribution in [0.1, 0.15) is 26.3 Å². The summed E-state index contributed by atoms with van der Waals surface area (Å²) < 4.78 is 0. The zero-order chi connectivity index (χ0) is 12.6. The summed E-state index contributed by atoms with van der Waals surface area (Å²) in [5.74, 6) is 0.430. The molecule has 2 rings (SSSR count). The van der Waals surface area contributed by atoms with Crippen LogP contribution in [0.15, 0.2) is 18.2 Å². The highest BCUT2D eigenvalue weighted by atomic mass is 16.3. The number of nitrogens with zero attached hydrogens (tertiary/aromatic N) is 1. The van der Waals surface area contributed by atoms with Gasteiger partial charge in [0.15, 0.2) is 0 Å². The molecule has 0 radical (unpaired) electrons. The number of likely N-dealkylation sites (N-methyl/N-ethyl adjacent to an activating group) is 1. The molecule has 0 aromatic heterocycles. The smallest absolute Gasteiger partial charge is 0.120 e. The molecular weight excluding hydrogens is 212 g/mol. The van der Waals surface area contributed by atoms with Crippen LogP contribution in [0.2, 0.25) is 0 Å². The Kier molecular flexibility index (Phi) is 3.29. The van der Waals surface area contributed by atoms with E-state index in [9.17, 15) is 5.11 Å². The topological polar surface area (TPSA) is 35.5 Å². The van der Waals surface area contributed by atoms with Crippen LogP contribution in [0.5, 0.6) is 5.75 Å². The monoisotopic (exact) mass is 234 g/mol. The third-order valence-electron chi connectivity index (χ3n) is 3.76. The molecule has 0 amide bonds. The molecule has 2 unspecified atom stereocenters. The second kappa shape index (κ2) is 4.57. The molecule has 0 aliphatic carbocycles. The molecule has 1 aromatic carbocycles. The molecule has 1 aliphatic heterocycles. The van der Waals surface area contributed by atoms with Crippen LogP contribution in [0.3, 0.4) is 0 Å². The Bertz CT molecular complexity index is 403. The highest BCUT2D eigenvalue weighted by Crippen LogP contribution is 2.39. The van der Waals surface area contributed by atoms with Crippen molar-refractivity contribution < 1.29 is 5.11 Å². The van der Waals surface area contributed by atoms with Crippen molar-refractivity contribution in [1.29, 1.82) is 0 Å². The number of fused-ring (bicyclic) bond motifs is 1. The van der Waals surface area contributed by atoms with Gasteiger partial charge in [-0.3, -0.25) is 0 Å². The molecule has 17 heavy (non-hydrogen) atoms. The van der Waals surface area contributed by atoms with Gasteiger partial charge in [-0.1, -0.05) is 6.07 Å². The second-order valence-corrected chi connectivity index (χ2v) is 5.12. The average Bonchev–Trinajstić information content (AvgIpc) is 2.68. The maximum absolute atomic E-state index is 9.96. The van der Waals surface area contributed by atoms with E-state index in [1.54, 1.807) is 6.07 Å². The van der Waals surface area contributed by atoms with Crippen LogP contribution in [-0.2, 0) is 6.42 Å². The maximum Gasteiger partial charge on any atom is 0.120 e. The van der Waals surface area contributed by atoms with Gasteiger partial charge in [-0.2, -0.15) is 0 Å². The Morgan fingerprint density at radius 2 is 2.06 bits per heavy atom. The van der Waals surface area contributed by atoms with Crippen molar-refractivity contribution in [1.82, 2.24) is 5.32 Å². The average molecular weight is 234 g/mol. The molecule has 0 fully saturated rings. The molecule has 3 nitrogen and oxygen atoms in total. The fraction of sp³-hybridized carbons (Fsp3) is 0.571. The predicted octanol–water partition coefficient (Wildman–Crippen LogP) is 2.14. The minimum absolute atomic E-state index is 0.407. The highest BCUT2D eigenvalue weighted by molar-refractivity contribution is 5.65. The summed E-state index contributed by atoms with van der Waals surface area (Å²) in [6.07, 6.45) is 0.919. The normalized spacial score (nSPS) is 20.8. The van der Waals surface area contributed by atoms with E-state index in [1.165, 1.54) is 5.69 Å². The van der Waals surface area contributed by atoms with Crippen LogP contribution in [0, 0.1) is 0 Å². The molecule has 1 aliphatic rings. The number of hydrogen-bond acceptors (Lipinski definition) is 3. The third-order valence-corrected chi connectivity index (χ3v) is 3.76. The number of phenolic OH excluding ortho intramolecular Hbond substituents is 1. The van der Waals surface area contributed by atoms with Crippen molar-refractivity contribution in [2.45, 2.75) is 45.3 Å². The zero-order valence-corrected chi connectivity index (χ0v) is 11.1. The van der Waals surface area contributed by atoms with Crippen LogP contribution < -0.4 is 10.2 Å². The number of aromatic hydroxyl groups is 1. The van der Waals surface area contributed by atoms with Crippen molar-refractivity contribution >= 4 is 5.69 Å². The number of nitrogens with one attached hydrogen (secondary N) is 1. The van der Waals surface area contributed by atoms with Crippen molar-refractivity contribution in [2.75, 3.05) is 11.9 Å². The van der Waals surface area contributed by atoms with Gasteiger partial charge in [-0.05, 0) is 46.4 Å². The zero-order valence-electron chi connectivity index (χ0n) is 11.1. The number of anilines is 1. The Hall–Kier alpha value is -1.22. The maximum atomic E-state index is 9.96. The Balaban J connectivity index is 2.41. The largest absolute Gasteiger partial charge is 0.508 e. The predicted molar refractivity (Wildman–Crippen MR) is 71.7 cm³/mol. The van der Waals surface area contributed by atoms with E-state index >= 15 is 0 Å². The van der Waals surface area contributed by atoms with Gasteiger partial charge in [0.25, 0.3) is 0 Å². The summed E-state index contributed by atoms with van der Waals surface area (Å²) in [7, 11) is 1.99. The van der Waals surface area contributed by atoms with Gasteiger partial charge in [0, 0.05) is 29.4 Å². The van der Waals surface area contributed by atoms with E-state index in [1.807, 2.05) is 13.1 Å². The quantitative estimate of drug-likeness (QED) is 0.841. The molecule has 0 saturated heterocycles. The fourth-order valence-corrected chi connectivity index (χ4v) is 2.77. The molecule has 1 heterocycles. The highest BCUT2D eigenvalue weighted by Gasteiger charge is 2.35. The van der Waals surface area contributed by atoms with Gasteiger partial charge in [-0.25, -0.2) is 0 Å². The van der Waals surface area contributed by atoms with E-state index in [-0.39, 0.29) is 0 Å². The van der Waals surface area contributed by atoms with Crippen molar-refractivity contribution in [3.05, 3.63) is 23.8 Å². The van der Waals surface area contributed by atoms with Crippen molar-refractivity contribution in [3.8, 4) is 5.75 Å². The summed E-state index contributed by atoms with van der Waals surface area (Å²) in [4.78, 5) is 2.41. The van der Waals surface area contributed by atoms with Gasteiger partial charge in [0.1, 0.15) is 5.75 Å². The van der Waals surface area contributed by atoms with Gasteiger partial charge in [0.05, 0.1) is 0 Å². The minimum Gasteiger partial charge on any atom is -0.508 e. The molecule has 2 atom stereocenters. The third kappa shape index (κ3) is 2.00. The summed E-state index contributed by atoms with van der Waals surface area (Å²) >= 11 is 0. The lowest BCUT2D eigenvalue weighted by molar-refractivity contribution is 0.442. The van der Waals surface area contributed by atoms with E-state index in [0.717, 1.165) is 12.0 Å². The molecule has 0 saturated carbocycles. The Labute approximate surface area is 103 Å². The number of phenols is 1.